The summed E-state index contributed by atoms with van der Waals surface area (Å²) in [6.07, 6.45) is 1.35. The van der Waals surface area contributed by atoms with Crippen LogP contribution in [0.4, 0.5) is 30.2 Å². The van der Waals surface area contributed by atoms with Crippen LogP contribution < -0.4 is 36.8 Å². The van der Waals surface area contributed by atoms with Crippen LogP contribution in [0, 0.1) is 23.4 Å². The molecule has 9 rings (SSSR count). The van der Waals surface area contributed by atoms with Gasteiger partial charge < -0.3 is 51.2 Å². The molecule has 5 aliphatic rings. The predicted molar refractivity (Wildman–Crippen MR) is 290 cm³/mol. The van der Waals surface area contributed by atoms with E-state index in [1.807, 2.05) is 18.2 Å². The molecule has 0 unspecified atom stereocenters. The van der Waals surface area contributed by atoms with Crippen LogP contribution in [0.2, 0.25) is 0 Å². The van der Waals surface area contributed by atoms with E-state index in [2.05, 4.69) is 55.5 Å². The number of likely N-dealkylation sites (N-methyl/N-ethyl adjacent to an activating group) is 1. The second-order valence-corrected chi connectivity index (χ2v) is 21.8. The number of fused-ring (bicyclic) bond motifs is 2. The molecule has 4 aromatic carbocycles. The molecule has 0 radical (unpaired) electrons. The predicted octanol–water partition coefficient (Wildman–Crippen LogP) is 3.98. The number of ether oxygens (including phenoxy) is 2. The van der Waals surface area contributed by atoms with E-state index < -0.39 is 76.9 Å². The fraction of sp³-hybridized carbons (Fsp3) is 0.483. The molecule has 0 aromatic heterocycles. The van der Waals surface area contributed by atoms with Crippen molar-refractivity contribution in [2.75, 3.05) is 94.8 Å². The summed E-state index contributed by atoms with van der Waals surface area (Å²) < 4.78 is 55.0. The van der Waals surface area contributed by atoms with Crippen molar-refractivity contribution in [2.24, 2.45) is 5.92 Å². The van der Waals surface area contributed by atoms with Crippen LogP contribution in [-0.4, -0.2) is 160 Å². The smallest absolute Gasteiger partial charge is 0.252 e. The van der Waals surface area contributed by atoms with Gasteiger partial charge in [-0.2, -0.15) is 0 Å². The molecule has 5 heterocycles. The number of nitrogens with zero attached hydrogens (tertiary/aromatic N) is 4. The molecule has 18 nitrogen and oxygen atoms in total. The maximum atomic E-state index is 14.9. The van der Waals surface area contributed by atoms with Gasteiger partial charge in [0, 0.05) is 82.0 Å². The lowest BCUT2D eigenvalue weighted by atomic mass is 9.83. The molecule has 6 amide bonds. The second-order valence-electron chi connectivity index (χ2n) is 21.8. The van der Waals surface area contributed by atoms with Crippen molar-refractivity contribution in [1.82, 2.24) is 36.0 Å². The van der Waals surface area contributed by atoms with Crippen LogP contribution in [-0.2, 0) is 56.6 Å². The van der Waals surface area contributed by atoms with Gasteiger partial charge in [-0.05, 0) is 130 Å². The van der Waals surface area contributed by atoms with E-state index in [9.17, 15) is 41.9 Å². The number of piperazine rings is 1. The van der Waals surface area contributed by atoms with E-state index in [4.69, 9.17) is 9.47 Å². The first-order valence-electron chi connectivity index (χ1n) is 27.2. The average molecular weight is 1090 g/mol. The molecule has 3 saturated heterocycles. The minimum atomic E-state index is -1.40. The number of hydrogen-bond donors (Lipinski definition) is 6. The summed E-state index contributed by atoms with van der Waals surface area (Å²) in [5.74, 6) is -5.92. The summed E-state index contributed by atoms with van der Waals surface area (Å²) >= 11 is 0. The number of morpholine rings is 1. The lowest BCUT2D eigenvalue weighted by Crippen LogP contribution is -2.62. The topological polar surface area (TPSA) is 206 Å². The monoisotopic (exact) mass is 1090 g/mol. The third-order valence-electron chi connectivity index (χ3n) is 16.2. The maximum absolute atomic E-state index is 14.9. The Morgan fingerprint density at radius 1 is 0.861 bits per heavy atom. The van der Waals surface area contributed by atoms with Crippen LogP contribution in [0.3, 0.4) is 0 Å². The number of carbonyl (C=O) groups is 6. The van der Waals surface area contributed by atoms with Gasteiger partial charge in [0.1, 0.15) is 35.2 Å². The summed E-state index contributed by atoms with van der Waals surface area (Å²) in [5.41, 5.74) is 2.00. The molecule has 21 heteroatoms. The lowest BCUT2D eigenvalue weighted by molar-refractivity contribution is -0.144. The summed E-state index contributed by atoms with van der Waals surface area (Å²) in [7, 11) is 1.61. The SMILES string of the molecule is CN[C@@H](C)C(=O)N[C@H](C(=O)N1Cc2cc(NC(=O)CNC(=O)[C@]3(C)CN(C(=O)CN4C[C@@H](C)NC[C@@H]4CN4CCOC[C@H]4C)c4cc(Cc5ccc(F)cc5)ccc43)ccc2[C@H]1C(=O)Nc1c(F)cccc1F)C1CCOCC1. The zero-order valence-corrected chi connectivity index (χ0v) is 45.3. The Labute approximate surface area is 458 Å². The summed E-state index contributed by atoms with van der Waals surface area (Å²) in [4.78, 5) is 93.0. The van der Waals surface area contributed by atoms with Crippen molar-refractivity contribution >= 4 is 52.5 Å². The highest BCUT2D eigenvalue weighted by Gasteiger charge is 2.48. The number of nitrogens with one attached hydrogen (secondary N) is 6. The van der Waals surface area contributed by atoms with Crippen molar-refractivity contribution < 1.29 is 51.4 Å². The molecule has 422 valence electrons. The quantitative estimate of drug-likeness (QED) is 0.0889. The Bertz CT molecular complexity index is 2910. The number of halogens is 3. The van der Waals surface area contributed by atoms with E-state index in [-0.39, 0.29) is 61.1 Å². The number of carbonyl (C=O) groups excluding carboxylic acids is 6. The highest BCUT2D eigenvalue weighted by atomic mass is 19.1. The fourth-order valence-corrected chi connectivity index (χ4v) is 11.5. The van der Waals surface area contributed by atoms with Gasteiger partial charge in [0.2, 0.25) is 29.5 Å². The van der Waals surface area contributed by atoms with Gasteiger partial charge in [0.05, 0.1) is 37.8 Å². The van der Waals surface area contributed by atoms with Gasteiger partial charge in [-0.25, -0.2) is 13.2 Å². The normalized spacial score (nSPS) is 23.3. The highest BCUT2D eigenvalue weighted by molar-refractivity contribution is 6.05. The molecule has 6 N–H and O–H groups in total. The third-order valence-corrected chi connectivity index (χ3v) is 16.2. The van der Waals surface area contributed by atoms with Crippen LogP contribution in [0.5, 0.6) is 0 Å². The van der Waals surface area contributed by atoms with Gasteiger partial charge in [0.15, 0.2) is 0 Å². The molecule has 0 aliphatic carbocycles. The van der Waals surface area contributed by atoms with Gasteiger partial charge in [-0.3, -0.25) is 38.6 Å². The van der Waals surface area contributed by atoms with Crippen LogP contribution in [0.25, 0.3) is 0 Å². The molecular weight excluding hydrogens is 1020 g/mol. The van der Waals surface area contributed by atoms with Gasteiger partial charge in [-0.15, -0.1) is 0 Å². The molecule has 5 aliphatic heterocycles. The first-order chi connectivity index (χ1) is 37.9. The summed E-state index contributed by atoms with van der Waals surface area (Å²) in [5, 5.41) is 17.3. The average Bonchev–Trinajstić information content (AvgIpc) is 4.14. The Balaban J connectivity index is 0.925. The van der Waals surface area contributed by atoms with Gasteiger partial charge >= 0.3 is 0 Å². The van der Waals surface area contributed by atoms with Crippen LogP contribution in [0.15, 0.2) is 78.9 Å². The number of para-hydroxylation sites is 1. The van der Waals surface area contributed by atoms with Crippen molar-refractivity contribution in [2.45, 2.75) is 95.2 Å². The molecule has 0 saturated carbocycles. The Kier molecular flexibility index (Phi) is 17.8. The van der Waals surface area contributed by atoms with E-state index in [1.165, 1.54) is 23.1 Å². The first kappa shape index (κ1) is 57.0. The largest absolute Gasteiger partial charge is 0.381 e. The number of amides is 6. The van der Waals surface area contributed by atoms with E-state index >= 15 is 0 Å². The van der Waals surface area contributed by atoms with Crippen molar-refractivity contribution in [3.8, 4) is 0 Å². The molecule has 7 atom stereocenters. The molecule has 4 aromatic rings. The zero-order valence-electron chi connectivity index (χ0n) is 45.3. The zero-order chi connectivity index (χ0) is 56.1. The first-order valence-corrected chi connectivity index (χ1v) is 27.2. The van der Waals surface area contributed by atoms with E-state index in [1.54, 1.807) is 50.1 Å². The molecule has 0 bridgehead atoms. The molecule has 79 heavy (non-hydrogen) atoms. The highest BCUT2D eigenvalue weighted by Crippen LogP contribution is 2.43. The molecular formula is C58H71F3N10O8. The maximum Gasteiger partial charge on any atom is 0.252 e. The van der Waals surface area contributed by atoms with Crippen molar-refractivity contribution in [1.29, 1.82) is 0 Å². The minimum Gasteiger partial charge on any atom is -0.381 e. The minimum absolute atomic E-state index is 0.00729. The molecule has 3 fully saturated rings. The Morgan fingerprint density at radius 3 is 2.32 bits per heavy atom. The van der Waals surface area contributed by atoms with Crippen LogP contribution in [0.1, 0.15) is 74.4 Å². The number of hydrogen-bond acceptors (Lipinski definition) is 12. The lowest BCUT2D eigenvalue weighted by Gasteiger charge is -2.43. The summed E-state index contributed by atoms with van der Waals surface area (Å²) in [6.45, 7) is 12.0. The van der Waals surface area contributed by atoms with Gasteiger partial charge in [0.25, 0.3) is 5.91 Å². The number of benzene rings is 4. The number of anilines is 3. The molecule has 0 spiro atoms. The van der Waals surface area contributed by atoms with E-state index in [0.717, 1.165) is 42.4 Å². The van der Waals surface area contributed by atoms with Crippen molar-refractivity contribution in [3.05, 3.63) is 124 Å². The van der Waals surface area contributed by atoms with Crippen LogP contribution >= 0.6 is 0 Å². The second kappa shape index (κ2) is 24.7. The standard InChI is InChI=1S/C58H71F3N10O8/c1-34-28-69(43(26-63-34)30-68-19-22-79-32-35(68)2)31-50(73)71-33-58(4,45-16-11-38(24-48(45)71)23-37-9-12-41(59)13-10-37)57(77)64-27-49(72)65-42-14-15-44-40(25-42)29-70(53(44)55(75)67-52-46(60)7-6-8-47(52)61)56(76)51(39-17-20-78-21-18-39)66-54(74)36(3)62-5/h6-16,24-25,34-36,39,43,51,53,62-63H,17-23,26-33H2,1-5H3,(H,64,77)(H,65,72)(H,66,74)(H,67,75)/t34-,35-,36+,43-,51+,53+,58-/m1/s1. The summed E-state index contributed by atoms with van der Waals surface area (Å²) in [6, 6.07) is 17.0. The Morgan fingerprint density at radius 2 is 1.59 bits per heavy atom. The number of rotatable bonds is 17. The fourth-order valence-electron chi connectivity index (χ4n) is 11.5. The van der Waals surface area contributed by atoms with Crippen molar-refractivity contribution in [3.63, 3.8) is 0 Å². The van der Waals surface area contributed by atoms with E-state index in [0.29, 0.717) is 81.2 Å². The Hall–Kier alpha value is -6.75. The third kappa shape index (κ3) is 12.8. The van der Waals surface area contributed by atoms with Gasteiger partial charge in [-0.1, -0.05) is 36.4 Å².